The molecule has 8 nitrogen and oxygen atoms in total. The Morgan fingerprint density at radius 3 is 2.30 bits per heavy atom. The molecule has 0 aliphatic heterocycles. The second kappa shape index (κ2) is 13.2. The molecule has 0 aliphatic rings. The maximum atomic E-state index is 13.3. The third kappa shape index (κ3) is 7.67. The number of hydrogen-bond donors (Lipinski definition) is 2. The van der Waals surface area contributed by atoms with E-state index in [1.807, 2.05) is 37.3 Å². The van der Waals surface area contributed by atoms with Crippen molar-refractivity contribution in [1.82, 2.24) is 20.6 Å². The van der Waals surface area contributed by atoms with Crippen molar-refractivity contribution >= 4 is 0 Å². The number of aryl methyl sites for hydroxylation is 2. The molecule has 0 fully saturated rings. The number of unbranched alkanes of at least 4 members (excludes halogenated alkanes) is 1. The molecule has 0 saturated carbocycles. The second-order valence-corrected chi connectivity index (χ2v) is 8.50. The van der Waals surface area contributed by atoms with Gasteiger partial charge in [0.15, 0.2) is 5.82 Å². The van der Waals surface area contributed by atoms with Crippen molar-refractivity contribution in [2.24, 2.45) is 0 Å². The van der Waals surface area contributed by atoms with E-state index in [1.165, 1.54) is 12.1 Å². The quantitative estimate of drug-likeness (QED) is 0.217. The van der Waals surface area contributed by atoms with Gasteiger partial charge in [-0.15, -0.1) is 10.2 Å². The highest BCUT2D eigenvalue weighted by Gasteiger charge is 2.12. The van der Waals surface area contributed by atoms with Crippen LogP contribution in [0.25, 0.3) is 11.1 Å². The van der Waals surface area contributed by atoms with Crippen molar-refractivity contribution in [3.8, 4) is 34.1 Å². The van der Waals surface area contributed by atoms with Crippen LogP contribution in [0.4, 0.5) is 4.39 Å². The smallest absolute Gasteiger partial charge is 0.174 e. The van der Waals surface area contributed by atoms with Crippen molar-refractivity contribution in [2.75, 3.05) is 19.8 Å². The van der Waals surface area contributed by atoms with Crippen LogP contribution >= 0.6 is 0 Å². The third-order valence-electron chi connectivity index (χ3n) is 5.79. The number of benzene rings is 3. The number of hydrogen-bond acceptors (Lipinski definition) is 7. The Morgan fingerprint density at radius 1 is 0.865 bits per heavy atom. The van der Waals surface area contributed by atoms with Crippen LogP contribution in [0.3, 0.4) is 0 Å². The average Bonchev–Trinajstić information content (AvgIpc) is 3.43. The fourth-order valence-corrected chi connectivity index (χ4v) is 3.83. The fraction of sp³-hybridized carbons (Fsp3) is 0.321. The number of tetrazole rings is 1. The van der Waals surface area contributed by atoms with Gasteiger partial charge >= 0.3 is 0 Å². The number of ether oxygens (including phenoxy) is 3. The van der Waals surface area contributed by atoms with E-state index in [-0.39, 0.29) is 11.6 Å². The van der Waals surface area contributed by atoms with E-state index in [9.17, 15) is 9.50 Å². The molecule has 3 aromatic carbocycles. The van der Waals surface area contributed by atoms with Crippen LogP contribution in [0.1, 0.15) is 37.6 Å². The number of nitrogens with one attached hydrogen (secondary N) is 1. The molecule has 4 rings (SSSR count). The monoisotopic (exact) mass is 506 g/mol. The molecule has 9 heteroatoms. The molecule has 0 atom stereocenters. The van der Waals surface area contributed by atoms with Gasteiger partial charge in [0, 0.05) is 30.5 Å². The van der Waals surface area contributed by atoms with Crippen molar-refractivity contribution in [3.63, 3.8) is 0 Å². The van der Waals surface area contributed by atoms with Gasteiger partial charge in [-0.05, 0) is 60.7 Å². The molecule has 1 heterocycles. The predicted octanol–water partition coefficient (Wildman–Crippen LogP) is 5.52. The predicted molar refractivity (Wildman–Crippen MR) is 138 cm³/mol. The summed E-state index contributed by atoms with van der Waals surface area (Å²) in [4.78, 5) is 0. The third-order valence-corrected chi connectivity index (χ3v) is 5.79. The van der Waals surface area contributed by atoms with Crippen LogP contribution in [0.15, 0.2) is 60.7 Å². The lowest BCUT2D eigenvalue weighted by atomic mass is 10.00. The molecule has 2 N–H and O–H groups in total. The Balaban J connectivity index is 1.20. The van der Waals surface area contributed by atoms with E-state index in [0.717, 1.165) is 48.3 Å². The molecule has 1 aromatic heterocycles. The van der Waals surface area contributed by atoms with E-state index >= 15 is 0 Å². The summed E-state index contributed by atoms with van der Waals surface area (Å²) < 4.78 is 30.9. The molecule has 0 amide bonds. The normalized spacial score (nSPS) is 10.9. The van der Waals surface area contributed by atoms with E-state index < -0.39 is 0 Å². The van der Waals surface area contributed by atoms with Crippen molar-refractivity contribution in [2.45, 2.75) is 39.0 Å². The van der Waals surface area contributed by atoms with E-state index in [0.29, 0.717) is 43.4 Å². The Labute approximate surface area is 215 Å². The van der Waals surface area contributed by atoms with E-state index in [4.69, 9.17) is 14.2 Å². The minimum atomic E-state index is -0.311. The second-order valence-electron chi connectivity index (χ2n) is 8.50. The summed E-state index contributed by atoms with van der Waals surface area (Å²) in [5.74, 6) is 2.64. The van der Waals surface area contributed by atoms with Gasteiger partial charge in [-0.3, -0.25) is 0 Å². The highest BCUT2D eigenvalue weighted by molar-refractivity contribution is 5.72. The number of nitrogens with zero attached hydrogens (tertiary/aromatic N) is 3. The van der Waals surface area contributed by atoms with Crippen LogP contribution in [0.2, 0.25) is 0 Å². The Kier molecular flexibility index (Phi) is 9.29. The van der Waals surface area contributed by atoms with Crippen LogP contribution in [0.5, 0.6) is 23.0 Å². The van der Waals surface area contributed by atoms with Gasteiger partial charge in [0.05, 0.1) is 19.8 Å². The minimum absolute atomic E-state index is 0.0988. The van der Waals surface area contributed by atoms with Gasteiger partial charge in [0.1, 0.15) is 28.8 Å². The SMILES string of the molecule is CCc1cc(-c2ccc(F)cc2)c(O)cc1OCCCOc1cccc(OCCCCc2nn[nH]n2)c1. The number of aromatic nitrogens is 4. The molecule has 0 radical (unpaired) electrons. The molecule has 0 spiro atoms. The first-order valence-corrected chi connectivity index (χ1v) is 12.4. The zero-order valence-corrected chi connectivity index (χ0v) is 20.8. The summed E-state index contributed by atoms with van der Waals surface area (Å²) >= 11 is 0. The number of aromatic amines is 1. The van der Waals surface area contributed by atoms with E-state index in [2.05, 4.69) is 20.6 Å². The van der Waals surface area contributed by atoms with Crippen LogP contribution < -0.4 is 14.2 Å². The molecule has 0 bridgehead atoms. The summed E-state index contributed by atoms with van der Waals surface area (Å²) in [5, 5.41) is 24.4. The first kappa shape index (κ1) is 25.9. The molecule has 37 heavy (non-hydrogen) atoms. The van der Waals surface area contributed by atoms with Crippen LogP contribution in [0, 0.1) is 5.82 Å². The molecular formula is C28H31FN4O4. The Morgan fingerprint density at radius 2 is 1.59 bits per heavy atom. The average molecular weight is 507 g/mol. The summed E-state index contributed by atoms with van der Waals surface area (Å²) in [7, 11) is 0. The summed E-state index contributed by atoms with van der Waals surface area (Å²) in [6, 6.07) is 17.2. The zero-order chi connectivity index (χ0) is 25.9. The molecule has 0 unspecified atom stereocenters. The lowest BCUT2D eigenvalue weighted by Gasteiger charge is -2.14. The lowest BCUT2D eigenvalue weighted by Crippen LogP contribution is -2.06. The van der Waals surface area contributed by atoms with Crippen molar-refractivity contribution < 1.29 is 23.7 Å². The fourth-order valence-electron chi connectivity index (χ4n) is 3.83. The highest BCUT2D eigenvalue weighted by Crippen LogP contribution is 2.36. The molecule has 194 valence electrons. The Bertz CT molecular complexity index is 1250. The van der Waals surface area contributed by atoms with Gasteiger partial charge < -0.3 is 19.3 Å². The van der Waals surface area contributed by atoms with Crippen LogP contribution in [-0.4, -0.2) is 45.6 Å². The first-order chi connectivity index (χ1) is 18.1. The molecule has 0 aliphatic carbocycles. The summed E-state index contributed by atoms with van der Waals surface area (Å²) in [5.41, 5.74) is 2.38. The number of aromatic hydroxyl groups is 1. The van der Waals surface area contributed by atoms with Gasteiger partial charge in [0.2, 0.25) is 0 Å². The summed E-state index contributed by atoms with van der Waals surface area (Å²) in [6.07, 6.45) is 3.98. The maximum Gasteiger partial charge on any atom is 0.174 e. The molecule has 4 aromatic rings. The standard InChI is InChI=1S/C28H31FN4O4/c1-2-20-17-25(21-10-12-22(29)13-11-21)26(34)19-27(20)37-16-6-15-36-24-8-5-7-23(18-24)35-14-4-3-9-28-30-32-33-31-28/h5,7-8,10-13,17-19,34H,2-4,6,9,14-16H2,1H3,(H,30,31,32,33). The van der Waals surface area contributed by atoms with Gasteiger partial charge in [-0.1, -0.05) is 30.3 Å². The number of phenols is 1. The molecule has 0 saturated heterocycles. The topological polar surface area (TPSA) is 102 Å². The zero-order valence-electron chi connectivity index (χ0n) is 20.8. The van der Waals surface area contributed by atoms with E-state index in [1.54, 1.807) is 18.2 Å². The first-order valence-electron chi connectivity index (χ1n) is 12.4. The number of phenolic OH excluding ortho intramolecular Hbond substituents is 1. The van der Waals surface area contributed by atoms with Gasteiger partial charge in [-0.25, -0.2) is 4.39 Å². The number of halogens is 1. The lowest BCUT2D eigenvalue weighted by molar-refractivity contribution is 0.244. The number of rotatable bonds is 14. The molecular weight excluding hydrogens is 475 g/mol. The highest BCUT2D eigenvalue weighted by atomic mass is 19.1. The van der Waals surface area contributed by atoms with Gasteiger partial charge in [-0.2, -0.15) is 5.21 Å². The maximum absolute atomic E-state index is 13.3. The van der Waals surface area contributed by atoms with Crippen molar-refractivity contribution in [3.05, 3.63) is 77.9 Å². The van der Waals surface area contributed by atoms with Crippen molar-refractivity contribution in [1.29, 1.82) is 0 Å². The largest absolute Gasteiger partial charge is 0.507 e. The Hall–Kier alpha value is -4.14. The summed E-state index contributed by atoms with van der Waals surface area (Å²) in [6.45, 7) is 3.55. The van der Waals surface area contributed by atoms with Gasteiger partial charge in [0.25, 0.3) is 0 Å². The minimum Gasteiger partial charge on any atom is -0.507 e. The number of H-pyrrole nitrogens is 1. The van der Waals surface area contributed by atoms with Crippen LogP contribution in [-0.2, 0) is 12.8 Å².